The van der Waals surface area contributed by atoms with E-state index in [1.54, 1.807) is 0 Å². The van der Waals surface area contributed by atoms with E-state index in [0.717, 1.165) is 26.1 Å². The van der Waals surface area contributed by atoms with E-state index in [1.807, 2.05) is 6.92 Å². The van der Waals surface area contributed by atoms with Crippen molar-refractivity contribution in [1.82, 2.24) is 0 Å². The zero-order valence-electron chi connectivity index (χ0n) is 6.73. The molecule has 0 aromatic carbocycles. The summed E-state index contributed by atoms with van der Waals surface area (Å²) in [4.78, 5) is 2.79. The summed E-state index contributed by atoms with van der Waals surface area (Å²) in [7, 11) is 0. The van der Waals surface area contributed by atoms with E-state index in [2.05, 4.69) is 10.0 Å². The maximum Gasteiger partial charge on any atom is 0.0468 e. The minimum atomic E-state index is 0.129. The first-order chi connectivity index (χ1) is 5.34. The molecule has 1 unspecified atom stereocenters. The Kier molecular flexibility index (Phi) is 3.20. The molecule has 0 aliphatic carbocycles. The molecule has 0 amide bonds. The fourth-order valence-electron chi connectivity index (χ4n) is 1.37. The van der Waals surface area contributed by atoms with Crippen LogP contribution in [-0.4, -0.2) is 19.3 Å². The van der Waals surface area contributed by atoms with E-state index in [0.29, 0.717) is 5.92 Å². The van der Waals surface area contributed by atoms with E-state index in [-0.39, 0.29) is 6.04 Å². The first-order valence-corrected chi connectivity index (χ1v) is 3.96. The SMILES string of the molecule is CC(N=[N+]=[N-])C1CCOCC1. The van der Waals surface area contributed by atoms with Crippen molar-refractivity contribution in [3.05, 3.63) is 10.4 Å². The van der Waals surface area contributed by atoms with Crippen molar-refractivity contribution in [3.8, 4) is 0 Å². The Morgan fingerprint density at radius 3 is 2.73 bits per heavy atom. The van der Waals surface area contributed by atoms with Crippen molar-refractivity contribution in [1.29, 1.82) is 0 Å². The van der Waals surface area contributed by atoms with E-state index in [4.69, 9.17) is 10.3 Å². The lowest BCUT2D eigenvalue weighted by atomic mass is 9.94. The van der Waals surface area contributed by atoms with Gasteiger partial charge in [0, 0.05) is 24.2 Å². The van der Waals surface area contributed by atoms with Crippen LogP contribution >= 0.6 is 0 Å². The third-order valence-electron chi connectivity index (χ3n) is 2.18. The average Bonchev–Trinajstić information content (AvgIpc) is 2.07. The van der Waals surface area contributed by atoms with Crippen LogP contribution in [0, 0.1) is 5.92 Å². The first-order valence-electron chi connectivity index (χ1n) is 3.96. The van der Waals surface area contributed by atoms with Gasteiger partial charge >= 0.3 is 0 Å². The highest BCUT2D eigenvalue weighted by Crippen LogP contribution is 2.20. The third kappa shape index (κ3) is 2.41. The second-order valence-corrected chi connectivity index (χ2v) is 2.90. The van der Waals surface area contributed by atoms with Crippen molar-refractivity contribution in [2.24, 2.45) is 11.0 Å². The Balaban J connectivity index is 2.38. The zero-order valence-corrected chi connectivity index (χ0v) is 6.73. The number of hydrogen-bond donors (Lipinski definition) is 0. The molecule has 1 atom stereocenters. The van der Waals surface area contributed by atoms with Crippen molar-refractivity contribution in [2.45, 2.75) is 25.8 Å². The van der Waals surface area contributed by atoms with Crippen molar-refractivity contribution < 1.29 is 4.74 Å². The van der Waals surface area contributed by atoms with Gasteiger partial charge in [0.25, 0.3) is 0 Å². The molecule has 4 nitrogen and oxygen atoms in total. The van der Waals surface area contributed by atoms with Gasteiger partial charge in [-0.15, -0.1) is 0 Å². The van der Waals surface area contributed by atoms with E-state index < -0.39 is 0 Å². The van der Waals surface area contributed by atoms with Gasteiger partial charge in [-0.05, 0) is 24.3 Å². The van der Waals surface area contributed by atoms with Gasteiger partial charge in [-0.2, -0.15) is 0 Å². The fraction of sp³-hybridized carbons (Fsp3) is 1.00. The van der Waals surface area contributed by atoms with Crippen LogP contribution in [0.1, 0.15) is 19.8 Å². The summed E-state index contributed by atoms with van der Waals surface area (Å²) in [5.41, 5.74) is 8.19. The molecule has 0 radical (unpaired) electrons. The number of rotatable bonds is 2. The summed E-state index contributed by atoms with van der Waals surface area (Å²) in [6, 6.07) is 0.129. The van der Waals surface area contributed by atoms with Crippen LogP contribution in [0.2, 0.25) is 0 Å². The normalized spacial score (nSPS) is 22.3. The molecule has 1 aliphatic heterocycles. The predicted molar refractivity (Wildman–Crippen MR) is 42.2 cm³/mol. The van der Waals surface area contributed by atoms with Crippen molar-refractivity contribution in [2.75, 3.05) is 13.2 Å². The highest BCUT2D eigenvalue weighted by Gasteiger charge is 2.18. The van der Waals surface area contributed by atoms with Gasteiger partial charge in [-0.1, -0.05) is 12.0 Å². The summed E-state index contributed by atoms with van der Waals surface area (Å²) < 4.78 is 5.19. The smallest absolute Gasteiger partial charge is 0.0468 e. The lowest BCUT2D eigenvalue weighted by Gasteiger charge is -2.24. The second-order valence-electron chi connectivity index (χ2n) is 2.90. The minimum Gasteiger partial charge on any atom is -0.381 e. The molecule has 4 heteroatoms. The van der Waals surface area contributed by atoms with Crippen LogP contribution < -0.4 is 0 Å². The first kappa shape index (κ1) is 8.37. The summed E-state index contributed by atoms with van der Waals surface area (Å²) in [5.74, 6) is 0.527. The molecule has 0 spiro atoms. The number of hydrogen-bond acceptors (Lipinski definition) is 2. The Hall–Kier alpha value is -0.730. The monoisotopic (exact) mass is 155 g/mol. The number of nitrogens with zero attached hydrogens (tertiary/aromatic N) is 3. The van der Waals surface area contributed by atoms with E-state index >= 15 is 0 Å². The van der Waals surface area contributed by atoms with Crippen molar-refractivity contribution >= 4 is 0 Å². The Bertz CT molecular complexity index is 159. The summed E-state index contributed by atoms with van der Waals surface area (Å²) in [6.45, 7) is 3.60. The molecular formula is C7H13N3O. The van der Waals surface area contributed by atoms with E-state index in [1.165, 1.54) is 0 Å². The molecule has 0 N–H and O–H groups in total. The fourth-order valence-corrected chi connectivity index (χ4v) is 1.37. The molecule has 62 valence electrons. The molecule has 0 aromatic rings. The molecule has 0 saturated carbocycles. The van der Waals surface area contributed by atoms with Crippen LogP contribution in [0.3, 0.4) is 0 Å². The summed E-state index contributed by atoms with van der Waals surface area (Å²) in [5, 5.41) is 3.67. The van der Waals surface area contributed by atoms with Crippen LogP contribution in [0.15, 0.2) is 5.11 Å². The van der Waals surface area contributed by atoms with Crippen LogP contribution in [0.25, 0.3) is 10.4 Å². The molecule has 1 fully saturated rings. The van der Waals surface area contributed by atoms with Crippen LogP contribution in [0.4, 0.5) is 0 Å². The molecule has 1 heterocycles. The second kappa shape index (κ2) is 4.21. The highest BCUT2D eigenvalue weighted by molar-refractivity contribution is 4.74. The van der Waals surface area contributed by atoms with Gasteiger partial charge in [-0.25, -0.2) is 0 Å². The number of azide groups is 1. The quantitative estimate of drug-likeness (QED) is 0.342. The van der Waals surface area contributed by atoms with Gasteiger partial charge in [0.05, 0.1) is 0 Å². The third-order valence-corrected chi connectivity index (χ3v) is 2.18. The number of ether oxygens (including phenoxy) is 1. The summed E-state index contributed by atoms with van der Waals surface area (Å²) in [6.07, 6.45) is 2.06. The van der Waals surface area contributed by atoms with E-state index in [9.17, 15) is 0 Å². The molecule has 0 bridgehead atoms. The highest BCUT2D eigenvalue weighted by atomic mass is 16.5. The average molecular weight is 155 g/mol. The van der Waals surface area contributed by atoms with Gasteiger partial charge < -0.3 is 4.74 Å². The molecule has 1 saturated heterocycles. The minimum absolute atomic E-state index is 0.129. The molecule has 11 heavy (non-hydrogen) atoms. The lowest BCUT2D eigenvalue weighted by molar-refractivity contribution is 0.0603. The van der Waals surface area contributed by atoms with Gasteiger partial charge in [0.15, 0.2) is 0 Å². The van der Waals surface area contributed by atoms with Gasteiger partial charge in [0.1, 0.15) is 0 Å². The predicted octanol–water partition coefficient (Wildman–Crippen LogP) is 2.11. The molecule has 1 aliphatic rings. The largest absolute Gasteiger partial charge is 0.381 e. The Morgan fingerprint density at radius 2 is 2.18 bits per heavy atom. The molecular weight excluding hydrogens is 142 g/mol. The van der Waals surface area contributed by atoms with Crippen molar-refractivity contribution in [3.63, 3.8) is 0 Å². The van der Waals surface area contributed by atoms with Gasteiger partial charge in [-0.3, -0.25) is 0 Å². The van der Waals surface area contributed by atoms with Crippen LogP contribution in [0.5, 0.6) is 0 Å². The Morgan fingerprint density at radius 1 is 1.55 bits per heavy atom. The van der Waals surface area contributed by atoms with Crippen LogP contribution in [-0.2, 0) is 4.74 Å². The topological polar surface area (TPSA) is 58.0 Å². The lowest BCUT2D eigenvalue weighted by Crippen LogP contribution is -2.23. The summed E-state index contributed by atoms with van der Waals surface area (Å²) >= 11 is 0. The standard InChI is InChI=1S/C7H13N3O/c1-6(9-10-8)7-2-4-11-5-3-7/h6-7H,2-5H2,1H3. The molecule has 1 rings (SSSR count). The zero-order chi connectivity index (χ0) is 8.10. The maximum atomic E-state index is 8.19. The maximum absolute atomic E-state index is 8.19. The Labute approximate surface area is 66.2 Å². The molecule has 0 aromatic heterocycles. The van der Waals surface area contributed by atoms with Gasteiger partial charge in [0.2, 0.25) is 0 Å².